The number of hydrogen-bond donors (Lipinski definition) is 1. The number of guanidine groups is 1. The molecule has 1 heterocycles. The molecule has 0 aliphatic carbocycles. The van der Waals surface area contributed by atoms with Crippen molar-refractivity contribution in [1.82, 2.24) is 10.2 Å². The Labute approximate surface area is 156 Å². The van der Waals surface area contributed by atoms with Crippen molar-refractivity contribution in [1.29, 1.82) is 0 Å². The molecular formula is C17H28FIN4. The van der Waals surface area contributed by atoms with Gasteiger partial charge >= 0.3 is 0 Å². The zero-order valence-electron chi connectivity index (χ0n) is 14.3. The van der Waals surface area contributed by atoms with E-state index in [1.807, 2.05) is 19.2 Å². The molecule has 0 atom stereocenters. The molecule has 0 amide bonds. The lowest BCUT2D eigenvalue weighted by Gasteiger charge is -2.37. The zero-order chi connectivity index (χ0) is 15.9. The Morgan fingerprint density at radius 3 is 2.43 bits per heavy atom. The maximum Gasteiger partial charge on any atom is 0.193 e. The summed E-state index contributed by atoms with van der Waals surface area (Å²) in [6.07, 6.45) is 1.13. The van der Waals surface area contributed by atoms with E-state index in [1.54, 1.807) is 6.07 Å². The van der Waals surface area contributed by atoms with Crippen LogP contribution in [0.3, 0.4) is 0 Å². The topological polar surface area (TPSA) is 30.9 Å². The zero-order valence-corrected chi connectivity index (χ0v) is 16.6. The smallest absolute Gasteiger partial charge is 0.193 e. The minimum Gasteiger partial charge on any atom is -0.366 e. The van der Waals surface area contributed by atoms with Crippen LogP contribution in [-0.4, -0.2) is 50.6 Å². The Bertz CT molecular complexity index is 499. The van der Waals surface area contributed by atoms with Gasteiger partial charge in [0.1, 0.15) is 5.82 Å². The van der Waals surface area contributed by atoms with Gasteiger partial charge in [0, 0.05) is 39.8 Å². The second kappa shape index (κ2) is 9.95. The van der Waals surface area contributed by atoms with Crippen molar-refractivity contribution >= 4 is 35.6 Å². The number of nitrogens with zero attached hydrogens (tertiary/aromatic N) is 3. The molecule has 23 heavy (non-hydrogen) atoms. The third-order valence-corrected chi connectivity index (χ3v) is 3.99. The number of piperazine rings is 1. The summed E-state index contributed by atoms with van der Waals surface area (Å²) in [6.45, 7) is 8.72. The number of halogens is 2. The average molecular weight is 434 g/mol. The number of nitrogens with one attached hydrogen (secondary N) is 1. The Balaban J connectivity index is 0.00000264. The molecule has 1 aliphatic heterocycles. The minimum absolute atomic E-state index is 0. The first kappa shape index (κ1) is 20.0. The summed E-state index contributed by atoms with van der Waals surface area (Å²) in [7, 11) is 1.82. The maximum atomic E-state index is 13.8. The van der Waals surface area contributed by atoms with Gasteiger partial charge in [-0.05, 0) is 24.5 Å². The molecule has 1 fully saturated rings. The Hall–Kier alpha value is -1.05. The highest BCUT2D eigenvalue weighted by Gasteiger charge is 2.21. The average Bonchev–Trinajstić information content (AvgIpc) is 2.52. The fourth-order valence-electron chi connectivity index (χ4n) is 2.67. The second-order valence-electron chi connectivity index (χ2n) is 6.08. The molecule has 0 radical (unpaired) electrons. The molecule has 0 saturated carbocycles. The Morgan fingerprint density at radius 2 is 1.87 bits per heavy atom. The first-order chi connectivity index (χ1) is 10.6. The lowest BCUT2D eigenvalue weighted by molar-refractivity contribution is 0.369. The van der Waals surface area contributed by atoms with Gasteiger partial charge in [0.25, 0.3) is 0 Å². The number of para-hydroxylation sites is 1. The van der Waals surface area contributed by atoms with Gasteiger partial charge in [0.2, 0.25) is 0 Å². The van der Waals surface area contributed by atoms with Crippen LogP contribution in [0, 0.1) is 11.7 Å². The molecule has 0 aromatic heterocycles. The minimum atomic E-state index is -0.143. The first-order valence-corrected chi connectivity index (χ1v) is 8.07. The van der Waals surface area contributed by atoms with E-state index in [-0.39, 0.29) is 29.8 Å². The van der Waals surface area contributed by atoms with Gasteiger partial charge in [-0.2, -0.15) is 0 Å². The lowest BCUT2D eigenvalue weighted by atomic mass is 10.1. The van der Waals surface area contributed by atoms with Gasteiger partial charge < -0.3 is 15.1 Å². The molecule has 0 unspecified atom stereocenters. The van der Waals surface area contributed by atoms with E-state index < -0.39 is 0 Å². The predicted octanol–water partition coefficient (Wildman–Crippen LogP) is 3.19. The van der Waals surface area contributed by atoms with E-state index in [0.29, 0.717) is 11.6 Å². The summed E-state index contributed by atoms with van der Waals surface area (Å²) >= 11 is 0. The molecular weight excluding hydrogens is 406 g/mol. The van der Waals surface area contributed by atoms with Crippen molar-refractivity contribution in [2.75, 3.05) is 44.7 Å². The van der Waals surface area contributed by atoms with Crippen LogP contribution in [0.2, 0.25) is 0 Å². The summed E-state index contributed by atoms with van der Waals surface area (Å²) in [6, 6.07) is 6.99. The van der Waals surface area contributed by atoms with Crippen LogP contribution in [0.15, 0.2) is 29.3 Å². The van der Waals surface area contributed by atoms with Crippen LogP contribution >= 0.6 is 24.0 Å². The van der Waals surface area contributed by atoms with Gasteiger partial charge in [0.15, 0.2) is 5.96 Å². The van der Waals surface area contributed by atoms with Crippen LogP contribution in [0.25, 0.3) is 0 Å². The summed E-state index contributed by atoms with van der Waals surface area (Å²) in [5.74, 6) is 1.49. The van der Waals surface area contributed by atoms with Crippen LogP contribution < -0.4 is 10.2 Å². The normalized spacial score (nSPS) is 15.6. The molecule has 1 aromatic rings. The van der Waals surface area contributed by atoms with Crippen molar-refractivity contribution < 1.29 is 4.39 Å². The van der Waals surface area contributed by atoms with Gasteiger partial charge in [-0.1, -0.05) is 26.0 Å². The fraction of sp³-hybridized carbons (Fsp3) is 0.588. The summed E-state index contributed by atoms with van der Waals surface area (Å²) in [5, 5.41) is 3.42. The van der Waals surface area contributed by atoms with Crippen LogP contribution in [0.1, 0.15) is 20.3 Å². The van der Waals surface area contributed by atoms with Gasteiger partial charge in [-0.3, -0.25) is 4.99 Å². The number of benzene rings is 1. The predicted molar refractivity (Wildman–Crippen MR) is 106 cm³/mol. The molecule has 2 rings (SSSR count). The Morgan fingerprint density at radius 1 is 1.22 bits per heavy atom. The molecule has 130 valence electrons. The van der Waals surface area contributed by atoms with Crippen LogP contribution in [0.4, 0.5) is 10.1 Å². The molecule has 1 N–H and O–H groups in total. The van der Waals surface area contributed by atoms with Crippen LogP contribution in [-0.2, 0) is 0 Å². The van der Waals surface area contributed by atoms with Crippen molar-refractivity contribution in [3.8, 4) is 0 Å². The second-order valence-corrected chi connectivity index (χ2v) is 6.08. The van der Waals surface area contributed by atoms with E-state index in [1.165, 1.54) is 6.07 Å². The van der Waals surface area contributed by atoms with E-state index in [9.17, 15) is 4.39 Å². The molecule has 1 aliphatic rings. The molecule has 1 aromatic carbocycles. The highest BCUT2D eigenvalue weighted by Crippen LogP contribution is 2.20. The molecule has 4 nitrogen and oxygen atoms in total. The van der Waals surface area contributed by atoms with Crippen molar-refractivity contribution in [2.24, 2.45) is 10.9 Å². The highest BCUT2D eigenvalue weighted by atomic mass is 127. The van der Waals surface area contributed by atoms with Crippen molar-refractivity contribution in [3.63, 3.8) is 0 Å². The standard InChI is InChI=1S/C17H27FN4.HI/c1-14(2)8-9-20-17(19-3)22-12-10-21(11-13-22)16-7-5-4-6-15(16)18;/h4-7,14H,8-13H2,1-3H3,(H,19,20);1H. The number of rotatable bonds is 4. The summed E-state index contributed by atoms with van der Waals surface area (Å²) in [5.41, 5.74) is 0.699. The SMILES string of the molecule is CN=C(NCCC(C)C)N1CCN(c2ccccc2F)CC1.I. The van der Waals surface area contributed by atoms with Crippen LogP contribution in [0.5, 0.6) is 0 Å². The van der Waals surface area contributed by atoms with Gasteiger partial charge in [0.05, 0.1) is 5.69 Å². The number of hydrogen-bond acceptors (Lipinski definition) is 2. The van der Waals surface area contributed by atoms with Gasteiger partial charge in [-0.25, -0.2) is 4.39 Å². The molecule has 1 saturated heterocycles. The Kier molecular flexibility index (Phi) is 8.65. The maximum absolute atomic E-state index is 13.8. The first-order valence-electron chi connectivity index (χ1n) is 8.07. The lowest BCUT2D eigenvalue weighted by Crippen LogP contribution is -2.52. The fourth-order valence-corrected chi connectivity index (χ4v) is 2.67. The summed E-state index contributed by atoms with van der Waals surface area (Å²) < 4.78 is 13.8. The third kappa shape index (κ3) is 5.82. The largest absolute Gasteiger partial charge is 0.366 e. The van der Waals surface area contributed by atoms with E-state index in [2.05, 4.69) is 34.0 Å². The van der Waals surface area contributed by atoms with Crippen molar-refractivity contribution in [2.45, 2.75) is 20.3 Å². The molecule has 0 spiro atoms. The third-order valence-electron chi connectivity index (χ3n) is 3.99. The monoisotopic (exact) mass is 434 g/mol. The quantitative estimate of drug-likeness (QED) is 0.449. The highest BCUT2D eigenvalue weighted by molar-refractivity contribution is 14.0. The molecule has 0 bridgehead atoms. The summed E-state index contributed by atoms with van der Waals surface area (Å²) in [4.78, 5) is 8.71. The molecule has 6 heteroatoms. The number of aliphatic imine (C=N–C) groups is 1. The van der Waals surface area contributed by atoms with E-state index in [0.717, 1.165) is 45.1 Å². The number of anilines is 1. The van der Waals surface area contributed by atoms with E-state index >= 15 is 0 Å². The van der Waals surface area contributed by atoms with Gasteiger partial charge in [-0.15, -0.1) is 24.0 Å². The van der Waals surface area contributed by atoms with Crippen molar-refractivity contribution in [3.05, 3.63) is 30.1 Å². The van der Waals surface area contributed by atoms with E-state index in [4.69, 9.17) is 0 Å².